The largest absolute Gasteiger partial charge is 0.391 e. The van der Waals surface area contributed by atoms with Crippen LogP contribution in [-0.2, 0) is 4.79 Å². The first-order chi connectivity index (χ1) is 12.5. The summed E-state index contributed by atoms with van der Waals surface area (Å²) < 4.78 is 13.0. The Labute approximate surface area is 152 Å². The molecular weight excluding hydrogens is 333 g/mol. The predicted octanol–water partition coefficient (Wildman–Crippen LogP) is 3.17. The summed E-state index contributed by atoms with van der Waals surface area (Å²) in [6.45, 7) is 0.762. The number of hydrogen-bond donors (Lipinski definition) is 1. The van der Waals surface area contributed by atoms with Crippen LogP contribution in [0.4, 0.5) is 4.39 Å². The third kappa shape index (κ3) is 4.35. The van der Waals surface area contributed by atoms with Crippen molar-refractivity contribution in [2.24, 2.45) is 0 Å². The third-order valence-corrected chi connectivity index (χ3v) is 4.89. The maximum Gasteiger partial charge on any atom is 0.223 e. The van der Waals surface area contributed by atoms with Crippen molar-refractivity contribution in [1.29, 1.82) is 0 Å². The second-order valence-electron chi connectivity index (χ2n) is 6.64. The first kappa shape index (κ1) is 18.3. The van der Waals surface area contributed by atoms with Gasteiger partial charge in [-0.3, -0.25) is 9.59 Å². The number of rotatable bonds is 5. The van der Waals surface area contributed by atoms with Crippen LogP contribution in [0.2, 0.25) is 0 Å². The van der Waals surface area contributed by atoms with Gasteiger partial charge in [0.2, 0.25) is 5.91 Å². The summed E-state index contributed by atoms with van der Waals surface area (Å²) >= 11 is 0. The molecule has 1 aliphatic rings. The lowest BCUT2D eigenvalue weighted by molar-refractivity contribution is -0.134. The van der Waals surface area contributed by atoms with Crippen LogP contribution in [0.5, 0.6) is 0 Å². The molecule has 4 nitrogen and oxygen atoms in total. The Hall–Kier alpha value is -2.53. The van der Waals surface area contributed by atoms with Crippen LogP contribution in [-0.4, -0.2) is 40.9 Å². The van der Waals surface area contributed by atoms with Crippen molar-refractivity contribution in [3.05, 3.63) is 71.5 Å². The Morgan fingerprint density at radius 2 is 1.73 bits per heavy atom. The van der Waals surface area contributed by atoms with Gasteiger partial charge in [0.1, 0.15) is 5.82 Å². The Morgan fingerprint density at radius 3 is 2.38 bits per heavy atom. The number of amides is 1. The van der Waals surface area contributed by atoms with Crippen molar-refractivity contribution in [3.63, 3.8) is 0 Å². The Morgan fingerprint density at radius 1 is 1.04 bits per heavy atom. The number of likely N-dealkylation sites (tertiary alicyclic amines) is 1. The summed E-state index contributed by atoms with van der Waals surface area (Å²) in [5, 5.41) is 10.4. The van der Waals surface area contributed by atoms with Crippen LogP contribution >= 0.6 is 0 Å². The summed E-state index contributed by atoms with van der Waals surface area (Å²) in [5.41, 5.74) is 1.49. The van der Waals surface area contributed by atoms with Crippen molar-refractivity contribution in [1.82, 2.24) is 4.90 Å². The van der Waals surface area contributed by atoms with Crippen molar-refractivity contribution in [2.45, 2.75) is 31.3 Å². The molecule has 26 heavy (non-hydrogen) atoms. The van der Waals surface area contributed by atoms with Gasteiger partial charge in [0.15, 0.2) is 5.78 Å². The number of piperidine rings is 1. The van der Waals surface area contributed by atoms with E-state index in [1.54, 1.807) is 41.3 Å². The van der Waals surface area contributed by atoms with Gasteiger partial charge < -0.3 is 10.0 Å². The van der Waals surface area contributed by atoms with Crippen LogP contribution in [0.25, 0.3) is 0 Å². The molecule has 2 aromatic carbocycles. The van der Waals surface area contributed by atoms with Crippen molar-refractivity contribution >= 4 is 11.7 Å². The van der Waals surface area contributed by atoms with Gasteiger partial charge in [0, 0.05) is 37.4 Å². The van der Waals surface area contributed by atoms with Crippen molar-refractivity contribution in [2.75, 3.05) is 13.1 Å². The van der Waals surface area contributed by atoms with Crippen LogP contribution < -0.4 is 0 Å². The molecule has 0 saturated carbocycles. The van der Waals surface area contributed by atoms with E-state index in [1.165, 1.54) is 12.1 Å². The lowest BCUT2D eigenvalue weighted by atomic mass is 9.87. The molecule has 1 fully saturated rings. The molecule has 136 valence electrons. The van der Waals surface area contributed by atoms with E-state index in [1.807, 2.05) is 6.07 Å². The molecule has 5 heteroatoms. The maximum absolute atomic E-state index is 13.0. The van der Waals surface area contributed by atoms with Gasteiger partial charge in [0.25, 0.3) is 0 Å². The topological polar surface area (TPSA) is 57.6 Å². The fraction of sp³-hybridized carbons (Fsp3) is 0.333. The number of β-amino-alcohol motifs (C(OH)–C–C–N with tert-alkyl or cyclic N) is 1. The summed E-state index contributed by atoms with van der Waals surface area (Å²) in [4.78, 5) is 26.1. The lowest BCUT2D eigenvalue weighted by Crippen LogP contribution is -2.45. The number of Topliss-reactive ketones (excluding diaryl/α,β-unsaturated/α-hetero) is 1. The molecule has 1 N–H and O–H groups in total. The number of aliphatic hydroxyl groups is 1. The second kappa shape index (κ2) is 8.23. The number of halogens is 1. The molecule has 1 saturated heterocycles. The highest BCUT2D eigenvalue weighted by atomic mass is 19.1. The van der Waals surface area contributed by atoms with E-state index in [0.29, 0.717) is 18.5 Å². The highest BCUT2D eigenvalue weighted by molar-refractivity contribution is 5.97. The van der Waals surface area contributed by atoms with Gasteiger partial charge in [-0.2, -0.15) is 0 Å². The van der Waals surface area contributed by atoms with E-state index in [2.05, 4.69) is 0 Å². The average molecular weight is 355 g/mol. The van der Waals surface area contributed by atoms with Crippen LogP contribution in [0.1, 0.15) is 41.1 Å². The van der Waals surface area contributed by atoms with E-state index in [-0.39, 0.29) is 42.8 Å². The SMILES string of the molecule is O=C(CCC(=O)N1CC[C@@H](c2ccc(F)cc2)[C@H](O)C1)c1ccccc1. The molecule has 0 radical (unpaired) electrons. The van der Waals surface area contributed by atoms with Gasteiger partial charge >= 0.3 is 0 Å². The van der Waals surface area contributed by atoms with E-state index >= 15 is 0 Å². The third-order valence-electron chi connectivity index (χ3n) is 4.89. The maximum atomic E-state index is 13.0. The van der Waals surface area contributed by atoms with E-state index in [0.717, 1.165) is 5.56 Å². The zero-order valence-electron chi connectivity index (χ0n) is 14.5. The van der Waals surface area contributed by atoms with Gasteiger partial charge in [-0.15, -0.1) is 0 Å². The van der Waals surface area contributed by atoms with Crippen LogP contribution in [0.3, 0.4) is 0 Å². The number of ketones is 1. The van der Waals surface area contributed by atoms with E-state index in [4.69, 9.17) is 0 Å². The average Bonchev–Trinajstić information content (AvgIpc) is 2.67. The summed E-state index contributed by atoms with van der Waals surface area (Å²) in [6, 6.07) is 15.0. The molecule has 0 aromatic heterocycles. The zero-order valence-corrected chi connectivity index (χ0v) is 14.5. The first-order valence-electron chi connectivity index (χ1n) is 8.84. The van der Waals surface area contributed by atoms with E-state index < -0.39 is 6.10 Å². The molecule has 1 aliphatic heterocycles. The molecule has 0 aliphatic carbocycles. The molecule has 0 spiro atoms. The Bertz CT molecular complexity index is 761. The standard InChI is InChI=1S/C21H22FNO3/c22-17-8-6-15(7-9-17)18-12-13-23(14-20(18)25)21(26)11-10-19(24)16-4-2-1-3-5-16/h1-9,18,20,25H,10-14H2/t18-,20+/m0/s1. The summed E-state index contributed by atoms with van der Waals surface area (Å²) in [5.74, 6) is -0.587. The molecule has 0 bridgehead atoms. The fourth-order valence-corrected chi connectivity index (χ4v) is 3.40. The van der Waals surface area contributed by atoms with Crippen molar-refractivity contribution < 1.29 is 19.1 Å². The molecule has 3 rings (SSSR count). The highest BCUT2D eigenvalue weighted by Gasteiger charge is 2.31. The zero-order chi connectivity index (χ0) is 18.5. The lowest BCUT2D eigenvalue weighted by Gasteiger charge is -2.36. The normalized spacial score (nSPS) is 20.0. The number of carbonyl (C=O) groups is 2. The Kier molecular flexibility index (Phi) is 5.78. The summed E-state index contributed by atoms with van der Waals surface area (Å²) in [6.07, 6.45) is 0.229. The van der Waals surface area contributed by atoms with Gasteiger partial charge in [-0.1, -0.05) is 42.5 Å². The smallest absolute Gasteiger partial charge is 0.223 e. The second-order valence-corrected chi connectivity index (χ2v) is 6.64. The minimum Gasteiger partial charge on any atom is -0.391 e. The Balaban J connectivity index is 1.52. The number of nitrogens with zero attached hydrogens (tertiary/aromatic N) is 1. The number of aliphatic hydroxyl groups excluding tert-OH is 1. The molecular formula is C21H22FNO3. The quantitative estimate of drug-likeness (QED) is 0.838. The predicted molar refractivity (Wildman–Crippen MR) is 96.4 cm³/mol. The molecule has 2 aromatic rings. The minimum atomic E-state index is -0.692. The molecule has 1 heterocycles. The van der Waals surface area contributed by atoms with Gasteiger partial charge in [-0.05, 0) is 24.1 Å². The fourth-order valence-electron chi connectivity index (χ4n) is 3.40. The summed E-state index contributed by atoms with van der Waals surface area (Å²) in [7, 11) is 0. The molecule has 0 unspecified atom stereocenters. The van der Waals surface area contributed by atoms with Crippen molar-refractivity contribution in [3.8, 4) is 0 Å². The molecule has 2 atom stereocenters. The first-order valence-corrected chi connectivity index (χ1v) is 8.84. The van der Waals surface area contributed by atoms with Gasteiger partial charge in [-0.25, -0.2) is 4.39 Å². The monoisotopic (exact) mass is 355 g/mol. The van der Waals surface area contributed by atoms with Gasteiger partial charge in [0.05, 0.1) is 6.10 Å². The number of hydrogen-bond acceptors (Lipinski definition) is 3. The minimum absolute atomic E-state index is 0.0549. The van der Waals surface area contributed by atoms with Crippen LogP contribution in [0, 0.1) is 5.82 Å². The number of carbonyl (C=O) groups excluding carboxylic acids is 2. The van der Waals surface area contributed by atoms with Crippen LogP contribution in [0.15, 0.2) is 54.6 Å². The van der Waals surface area contributed by atoms with E-state index in [9.17, 15) is 19.1 Å². The highest BCUT2D eigenvalue weighted by Crippen LogP contribution is 2.29. The molecule has 1 amide bonds. The number of benzene rings is 2.